The Morgan fingerprint density at radius 3 is 2.52 bits per heavy atom. The second kappa shape index (κ2) is 6.76. The summed E-state index contributed by atoms with van der Waals surface area (Å²) in [7, 11) is 0. The van der Waals surface area contributed by atoms with Gasteiger partial charge < -0.3 is 4.74 Å². The van der Waals surface area contributed by atoms with Crippen molar-refractivity contribution in [2.24, 2.45) is 0 Å². The zero-order valence-corrected chi connectivity index (χ0v) is 13.7. The van der Waals surface area contributed by atoms with E-state index in [1.165, 1.54) is 49.8 Å². The van der Waals surface area contributed by atoms with Gasteiger partial charge in [0.1, 0.15) is 12.4 Å². The van der Waals surface area contributed by atoms with Crippen molar-refractivity contribution in [2.45, 2.75) is 50.8 Å². The van der Waals surface area contributed by atoms with E-state index in [9.17, 15) is 0 Å². The molecule has 4 rings (SSSR count). The molecule has 2 aromatic rings. The van der Waals surface area contributed by atoms with Gasteiger partial charge in [-0.25, -0.2) is 0 Å². The molecule has 2 nitrogen and oxygen atoms in total. The van der Waals surface area contributed by atoms with Crippen LogP contribution in [0.4, 0.5) is 0 Å². The summed E-state index contributed by atoms with van der Waals surface area (Å²) < 4.78 is 5.90. The third-order valence-corrected chi connectivity index (χ3v) is 5.36. The lowest BCUT2D eigenvalue weighted by Crippen LogP contribution is -2.35. The molecule has 0 spiro atoms. The normalized spacial score (nSPS) is 24.3. The van der Waals surface area contributed by atoms with Gasteiger partial charge in [-0.05, 0) is 55.5 Å². The minimum Gasteiger partial charge on any atom is -0.489 e. The van der Waals surface area contributed by atoms with Crippen LogP contribution >= 0.6 is 0 Å². The van der Waals surface area contributed by atoms with E-state index in [-0.39, 0.29) is 0 Å². The zero-order valence-electron chi connectivity index (χ0n) is 13.7. The number of piperidine rings is 1. The monoisotopic (exact) mass is 307 g/mol. The van der Waals surface area contributed by atoms with Crippen LogP contribution in [0, 0.1) is 0 Å². The summed E-state index contributed by atoms with van der Waals surface area (Å²) >= 11 is 0. The van der Waals surface area contributed by atoms with Crippen LogP contribution in [0.1, 0.15) is 49.3 Å². The van der Waals surface area contributed by atoms with E-state index in [2.05, 4.69) is 53.4 Å². The molecule has 2 heterocycles. The molecule has 0 amide bonds. The summed E-state index contributed by atoms with van der Waals surface area (Å²) in [6.45, 7) is 1.92. The topological polar surface area (TPSA) is 12.5 Å². The van der Waals surface area contributed by atoms with Crippen molar-refractivity contribution in [2.75, 3.05) is 6.54 Å². The van der Waals surface area contributed by atoms with Crippen LogP contribution in [-0.2, 0) is 6.61 Å². The fraction of sp³-hybridized carbons (Fsp3) is 0.429. The number of ether oxygens (including phenoxy) is 1. The smallest absolute Gasteiger partial charge is 0.119 e. The van der Waals surface area contributed by atoms with Gasteiger partial charge in [0.05, 0.1) is 0 Å². The lowest BCUT2D eigenvalue weighted by atomic mass is 10.0. The highest BCUT2D eigenvalue weighted by Crippen LogP contribution is 2.40. The lowest BCUT2D eigenvalue weighted by molar-refractivity contribution is 0.150. The fourth-order valence-corrected chi connectivity index (χ4v) is 4.14. The highest BCUT2D eigenvalue weighted by molar-refractivity contribution is 5.30. The number of benzene rings is 2. The van der Waals surface area contributed by atoms with Crippen molar-refractivity contribution in [3.8, 4) is 5.75 Å². The summed E-state index contributed by atoms with van der Waals surface area (Å²) in [5.74, 6) is 0.964. The van der Waals surface area contributed by atoms with Crippen LogP contribution in [-0.4, -0.2) is 17.5 Å². The summed E-state index contributed by atoms with van der Waals surface area (Å²) in [6.07, 6.45) is 6.87. The van der Waals surface area contributed by atoms with Gasteiger partial charge >= 0.3 is 0 Å². The first-order valence-electron chi connectivity index (χ1n) is 8.92. The van der Waals surface area contributed by atoms with Gasteiger partial charge in [0.25, 0.3) is 0 Å². The molecule has 0 N–H and O–H groups in total. The number of nitrogens with zero attached hydrogens (tertiary/aromatic N) is 1. The summed E-state index contributed by atoms with van der Waals surface area (Å²) in [5, 5.41) is 0. The number of rotatable bonds is 4. The van der Waals surface area contributed by atoms with Gasteiger partial charge in [0.15, 0.2) is 0 Å². The first kappa shape index (κ1) is 14.8. The Hall–Kier alpha value is -1.80. The molecule has 0 saturated carbocycles. The molecule has 2 saturated heterocycles. The average molecular weight is 307 g/mol. The molecule has 2 aliphatic rings. The van der Waals surface area contributed by atoms with Crippen LogP contribution in [0.15, 0.2) is 54.6 Å². The maximum absolute atomic E-state index is 5.90. The molecule has 2 heteroatoms. The maximum atomic E-state index is 5.90. The van der Waals surface area contributed by atoms with Crippen LogP contribution in [0.2, 0.25) is 0 Å². The molecule has 120 valence electrons. The Morgan fingerprint density at radius 1 is 0.870 bits per heavy atom. The number of fused-ring (bicyclic) bond motifs is 1. The Balaban J connectivity index is 1.40. The van der Waals surface area contributed by atoms with Gasteiger partial charge in [-0.15, -0.1) is 0 Å². The molecular formula is C21H25NO. The third-order valence-electron chi connectivity index (χ3n) is 5.36. The van der Waals surface area contributed by atoms with E-state index in [1.54, 1.807) is 0 Å². The Bertz CT molecular complexity index is 622. The van der Waals surface area contributed by atoms with Gasteiger partial charge in [0, 0.05) is 12.1 Å². The highest BCUT2D eigenvalue weighted by Gasteiger charge is 2.35. The molecule has 0 aromatic heterocycles. The van der Waals surface area contributed by atoms with Crippen molar-refractivity contribution in [1.29, 1.82) is 0 Å². The van der Waals surface area contributed by atoms with Crippen molar-refractivity contribution < 1.29 is 4.74 Å². The first-order chi connectivity index (χ1) is 11.4. The van der Waals surface area contributed by atoms with Crippen LogP contribution in [0.25, 0.3) is 0 Å². The minimum atomic E-state index is 0.628. The SMILES string of the molecule is c1ccc(COc2ccc([C@@H]3CC[C@H]4CCCCN43)cc2)cc1. The molecule has 2 atom stereocenters. The highest BCUT2D eigenvalue weighted by atomic mass is 16.5. The predicted octanol–water partition coefficient (Wildman–Crippen LogP) is 4.96. The second-order valence-electron chi connectivity index (χ2n) is 6.82. The van der Waals surface area contributed by atoms with E-state index in [1.807, 2.05) is 6.07 Å². The largest absolute Gasteiger partial charge is 0.489 e. The Labute approximate surface area is 139 Å². The molecule has 23 heavy (non-hydrogen) atoms. The van der Waals surface area contributed by atoms with Gasteiger partial charge in [-0.3, -0.25) is 4.90 Å². The molecule has 2 fully saturated rings. The van der Waals surface area contributed by atoms with E-state index in [0.717, 1.165) is 11.8 Å². The summed E-state index contributed by atoms with van der Waals surface area (Å²) in [5.41, 5.74) is 2.67. The maximum Gasteiger partial charge on any atom is 0.119 e. The minimum absolute atomic E-state index is 0.628. The molecule has 2 aliphatic heterocycles. The lowest BCUT2D eigenvalue weighted by Gasteiger charge is -2.34. The van der Waals surface area contributed by atoms with Crippen molar-refractivity contribution in [1.82, 2.24) is 4.90 Å². The Morgan fingerprint density at radius 2 is 1.70 bits per heavy atom. The second-order valence-corrected chi connectivity index (χ2v) is 6.82. The van der Waals surface area contributed by atoms with Crippen LogP contribution in [0.3, 0.4) is 0 Å². The molecule has 0 radical (unpaired) electrons. The number of hydrogen-bond donors (Lipinski definition) is 0. The fourth-order valence-electron chi connectivity index (χ4n) is 4.14. The third kappa shape index (κ3) is 3.28. The standard InChI is InChI=1S/C21H25NO/c1-2-6-17(7-3-1)16-23-20-12-9-18(10-13-20)21-14-11-19-8-4-5-15-22(19)21/h1-3,6-7,9-10,12-13,19,21H,4-5,8,11,14-16H2/t19-,21+/m1/s1. The molecule has 2 aromatic carbocycles. The van der Waals surface area contributed by atoms with Gasteiger partial charge in [-0.1, -0.05) is 48.9 Å². The average Bonchev–Trinajstić information content (AvgIpc) is 3.05. The van der Waals surface area contributed by atoms with Gasteiger partial charge in [-0.2, -0.15) is 0 Å². The first-order valence-corrected chi connectivity index (χ1v) is 8.92. The van der Waals surface area contributed by atoms with Crippen molar-refractivity contribution in [3.63, 3.8) is 0 Å². The zero-order chi connectivity index (χ0) is 15.5. The quantitative estimate of drug-likeness (QED) is 0.792. The molecular weight excluding hydrogens is 282 g/mol. The van der Waals surface area contributed by atoms with E-state index in [0.29, 0.717) is 12.6 Å². The van der Waals surface area contributed by atoms with Crippen molar-refractivity contribution in [3.05, 3.63) is 65.7 Å². The predicted molar refractivity (Wildman–Crippen MR) is 93.5 cm³/mol. The van der Waals surface area contributed by atoms with E-state index < -0.39 is 0 Å². The molecule has 0 unspecified atom stereocenters. The van der Waals surface area contributed by atoms with Crippen LogP contribution in [0.5, 0.6) is 5.75 Å². The molecule has 0 bridgehead atoms. The van der Waals surface area contributed by atoms with Gasteiger partial charge in [0.2, 0.25) is 0 Å². The molecule has 0 aliphatic carbocycles. The van der Waals surface area contributed by atoms with Crippen molar-refractivity contribution >= 4 is 0 Å². The Kier molecular flexibility index (Phi) is 4.34. The van der Waals surface area contributed by atoms with Crippen LogP contribution < -0.4 is 4.74 Å². The van der Waals surface area contributed by atoms with E-state index >= 15 is 0 Å². The summed E-state index contributed by atoms with van der Waals surface area (Å²) in [4.78, 5) is 2.74. The summed E-state index contributed by atoms with van der Waals surface area (Å²) in [6, 6.07) is 20.6. The number of hydrogen-bond acceptors (Lipinski definition) is 2. The van der Waals surface area contributed by atoms with E-state index in [4.69, 9.17) is 4.74 Å².